The number of aromatic amines is 1. The number of hydrogen-bond donors (Lipinski definition) is 2. The zero-order valence-electron chi connectivity index (χ0n) is 9.99. The van der Waals surface area contributed by atoms with Crippen molar-refractivity contribution in [2.75, 3.05) is 11.9 Å². The zero-order valence-corrected chi connectivity index (χ0v) is 9.99. The molecule has 1 aromatic heterocycles. The van der Waals surface area contributed by atoms with E-state index in [4.69, 9.17) is 4.74 Å². The lowest BCUT2D eigenvalue weighted by Gasteiger charge is -2.05. The number of anilines is 1. The Kier molecular flexibility index (Phi) is 2.51. The van der Waals surface area contributed by atoms with E-state index in [0.29, 0.717) is 12.3 Å². The summed E-state index contributed by atoms with van der Waals surface area (Å²) in [4.78, 5) is 11.9. The molecule has 5 heteroatoms. The molecule has 5 nitrogen and oxygen atoms in total. The first-order chi connectivity index (χ1) is 8.72. The van der Waals surface area contributed by atoms with Crippen LogP contribution in [0.1, 0.15) is 21.7 Å². The Morgan fingerprint density at radius 1 is 1.44 bits per heavy atom. The summed E-state index contributed by atoms with van der Waals surface area (Å²) in [6.45, 7) is 2.57. The van der Waals surface area contributed by atoms with E-state index in [1.165, 1.54) is 0 Å². The molecule has 0 unspecified atom stereocenters. The van der Waals surface area contributed by atoms with Gasteiger partial charge in [-0.2, -0.15) is 5.10 Å². The monoisotopic (exact) mass is 243 g/mol. The van der Waals surface area contributed by atoms with Crippen LogP contribution in [0.25, 0.3) is 0 Å². The van der Waals surface area contributed by atoms with Gasteiger partial charge < -0.3 is 10.1 Å². The SMILES string of the molecule is Cc1cc(C(=O)Nc2ccc3c(c2)CCO3)n[nH]1. The molecule has 0 spiro atoms. The summed E-state index contributed by atoms with van der Waals surface area (Å²) in [6, 6.07) is 7.38. The Hall–Kier alpha value is -2.30. The average Bonchev–Trinajstić information content (AvgIpc) is 2.96. The molecule has 0 atom stereocenters. The highest BCUT2D eigenvalue weighted by molar-refractivity contribution is 6.03. The molecule has 18 heavy (non-hydrogen) atoms. The first-order valence-corrected chi connectivity index (χ1v) is 5.81. The predicted octanol–water partition coefficient (Wildman–Crippen LogP) is 1.91. The number of nitrogens with zero attached hydrogens (tertiary/aromatic N) is 1. The van der Waals surface area contributed by atoms with Crippen molar-refractivity contribution in [3.63, 3.8) is 0 Å². The molecular formula is C13H13N3O2. The third-order valence-corrected chi connectivity index (χ3v) is 2.89. The van der Waals surface area contributed by atoms with Crippen LogP contribution in [0.4, 0.5) is 5.69 Å². The molecule has 2 aromatic rings. The van der Waals surface area contributed by atoms with Crippen LogP contribution in [0.5, 0.6) is 5.75 Å². The van der Waals surface area contributed by atoms with Crippen LogP contribution in [0.2, 0.25) is 0 Å². The number of hydrogen-bond acceptors (Lipinski definition) is 3. The predicted molar refractivity (Wildman–Crippen MR) is 66.9 cm³/mol. The fourth-order valence-electron chi connectivity index (χ4n) is 1.99. The first-order valence-electron chi connectivity index (χ1n) is 5.81. The molecule has 0 bridgehead atoms. The van der Waals surface area contributed by atoms with Crippen molar-refractivity contribution in [3.8, 4) is 5.75 Å². The average molecular weight is 243 g/mol. The van der Waals surface area contributed by atoms with Crippen LogP contribution in [0.3, 0.4) is 0 Å². The Bertz CT molecular complexity index is 604. The lowest BCUT2D eigenvalue weighted by Crippen LogP contribution is -2.12. The van der Waals surface area contributed by atoms with Crippen LogP contribution in [-0.4, -0.2) is 22.7 Å². The Morgan fingerprint density at radius 3 is 3.11 bits per heavy atom. The van der Waals surface area contributed by atoms with E-state index in [2.05, 4.69) is 15.5 Å². The minimum absolute atomic E-state index is 0.210. The maximum Gasteiger partial charge on any atom is 0.276 e. The van der Waals surface area contributed by atoms with Gasteiger partial charge in [0.25, 0.3) is 5.91 Å². The van der Waals surface area contributed by atoms with Gasteiger partial charge in [-0.1, -0.05) is 0 Å². The van der Waals surface area contributed by atoms with Crippen molar-refractivity contribution < 1.29 is 9.53 Å². The number of aryl methyl sites for hydroxylation is 1. The summed E-state index contributed by atoms with van der Waals surface area (Å²) in [5, 5.41) is 9.49. The molecule has 2 N–H and O–H groups in total. The van der Waals surface area contributed by atoms with Crippen molar-refractivity contribution in [1.82, 2.24) is 10.2 Å². The maximum atomic E-state index is 11.9. The first kappa shape index (κ1) is 10.8. The topological polar surface area (TPSA) is 67.0 Å². The fourth-order valence-corrected chi connectivity index (χ4v) is 1.99. The third kappa shape index (κ3) is 1.95. The van der Waals surface area contributed by atoms with E-state index < -0.39 is 0 Å². The molecule has 1 aliphatic rings. The molecule has 0 saturated heterocycles. The van der Waals surface area contributed by atoms with Gasteiger partial charge in [-0.3, -0.25) is 9.89 Å². The van der Waals surface area contributed by atoms with E-state index in [9.17, 15) is 4.79 Å². The Morgan fingerprint density at radius 2 is 2.33 bits per heavy atom. The summed E-state index contributed by atoms with van der Waals surface area (Å²) < 4.78 is 5.42. The van der Waals surface area contributed by atoms with Gasteiger partial charge >= 0.3 is 0 Å². The number of H-pyrrole nitrogens is 1. The van der Waals surface area contributed by atoms with E-state index in [0.717, 1.165) is 29.1 Å². The summed E-state index contributed by atoms with van der Waals surface area (Å²) in [5.74, 6) is 0.696. The molecule has 1 aromatic carbocycles. The molecular weight excluding hydrogens is 230 g/mol. The van der Waals surface area contributed by atoms with Crippen molar-refractivity contribution in [3.05, 3.63) is 41.2 Å². The van der Waals surface area contributed by atoms with Crippen LogP contribution in [0, 0.1) is 6.92 Å². The third-order valence-electron chi connectivity index (χ3n) is 2.89. The number of aromatic nitrogens is 2. The standard InChI is InChI=1S/C13H13N3O2/c1-8-6-11(16-15-8)13(17)14-10-2-3-12-9(7-10)4-5-18-12/h2-3,6-7H,4-5H2,1H3,(H,14,17)(H,15,16). The minimum atomic E-state index is -0.210. The highest BCUT2D eigenvalue weighted by Crippen LogP contribution is 2.27. The second kappa shape index (κ2) is 4.18. The molecule has 3 rings (SSSR count). The van der Waals surface area contributed by atoms with Crippen LogP contribution < -0.4 is 10.1 Å². The quantitative estimate of drug-likeness (QED) is 0.846. The zero-order chi connectivity index (χ0) is 12.5. The second-order valence-electron chi connectivity index (χ2n) is 4.31. The highest BCUT2D eigenvalue weighted by atomic mass is 16.5. The molecule has 92 valence electrons. The van der Waals surface area contributed by atoms with Gasteiger partial charge in [0.15, 0.2) is 5.69 Å². The van der Waals surface area contributed by atoms with E-state index in [-0.39, 0.29) is 5.91 Å². The normalized spacial score (nSPS) is 12.9. The van der Waals surface area contributed by atoms with Crippen molar-refractivity contribution in [2.24, 2.45) is 0 Å². The highest BCUT2D eigenvalue weighted by Gasteiger charge is 2.14. The largest absolute Gasteiger partial charge is 0.493 e. The van der Waals surface area contributed by atoms with Crippen molar-refractivity contribution in [1.29, 1.82) is 0 Å². The van der Waals surface area contributed by atoms with Crippen molar-refractivity contribution >= 4 is 11.6 Å². The number of amides is 1. The van der Waals surface area contributed by atoms with Gasteiger partial charge in [0.05, 0.1) is 6.61 Å². The van der Waals surface area contributed by atoms with Crippen LogP contribution in [-0.2, 0) is 6.42 Å². The van der Waals surface area contributed by atoms with Crippen molar-refractivity contribution in [2.45, 2.75) is 13.3 Å². The second-order valence-corrected chi connectivity index (χ2v) is 4.31. The van der Waals surface area contributed by atoms with E-state index in [1.807, 2.05) is 25.1 Å². The Labute approximate surface area is 104 Å². The van der Waals surface area contributed by atoms with Crippen LogP contribution in [0.15, 0.2) is 24.3 Å². The van der Waals surface area contributed by atoms with Gasteiger partial charge in [0, 0.05) is 17.8 Å². The number of rotatable bonds is 2. The maximum absolute atomic E-state index is 11.9. The molecule has 0 saturated carbocycles. The molecule has 0 aliphatic carbocycles. The lowest BCUT2D eigenvalue weighted by molar-refractivity contribution is 0.102. The number of fused-ring (bicyclic) bond motifs is 1. The van der Waals surface area contributed by atoms with E-state index >= 15 is 0 Å². The molecule has 1 amide bonds. The van der Waals surface area contributed by atoms with Gasteiger partial charge in [0.2, 0.25) is 0 Å². The summed E-state index contributed by atoms with van der Waals surface area (Å²) in [6.07, 6.45) is 0.889. The molecule has 1 aliphatic heterocycles. The summed E-state index contributed by atoms with van der Waals surface area (Å²) in [5.41, 5.74) is 3.16. The smallest absolute Gasteiger partial charge is 0.276 e. The van der Waals surface area contributed by atoms with Gasteiger partial charge in [0.1, 0.15) is 5.75 Å². The molecule has 0 fully saturated rings. The van der Waals surface area contributed by atoms with Gasteiger partial charge in [-0.25, -0.2) is 0 Å². The van der Waals surface area contributed by atoms with E-state index in [1.54, 1.807) is 6.07 Å². The lowest BCUT2D eigenvalue weighted by atomic mass is 10.1. The minimum Gasteiger partial charge on any atom is -0.493 e. The molecule has 0 radical (unpaired) electrons. The molecule has 2 heterocycles. The number of carbonyl (C=O) groups excluding carboxylic acids is 1. The van der Waals surface area contributed by atoms with Gasteiger partial charge in [-0.05, 0) is 36.8 Å². The van der Waals surface area contributed by atoms with Gasteiger partial charge in [-0.15, -0.1) is 0 Å². The summed E-state index contributed by atoms with van der Waals surface area (Å²) >= 11 is 0. The number of benzene rings is 1. The number of carbonyl (C=O) groups is 1. The number of nitrogens with one attached hydrogen (secondary N) is 2. The fraction of sp³-hybridized carbons (Fsp3) is 0.231. The Balaban J connectivity index is 1.78. The summed E-state index contributed by atoms with van der Waals surface area (Å²) in [7, 11) is 0. The van der Waals surface area contributed by atoms with Crippen LogP contribution >= 0.6 is 0 Å². The number of ether oxygens (including phenoxy) is 1.